The summed E-state index contributed by atoms with van der Waals surface area (Å²) in [5.74, 6) is 0.472. The van der Waals surface area contributed by atoms with E-state index >= 15 is 0 Å². The molecule has 3 aromatic carbocycles. The Balaban J connectivity index is 1.42. The molecule has 0 spiro atoms. The van der Waals surface area contributed by atoms with Crippen LogP contribution in [0.1, 0.15) is 22.4 Å². The Hall–Kier alpha value is -2.95. The summed E-state index contributed by atoms with van der Waals surface area (Å²) < 4.78 is 7.68. The predicted molar refractivity (Wildman–Crippen MR) is 116 cm³/mol. The summed E-state index contributed by atoms with van der Waals surface area (Å²) in [6, 6.07) is 24.7. The summed E-state index contributed by atoms with van der Waals surface area (Å²) in [6.07, 6.45) is 1.89. The van der Waals surface area contributed by atoms with Crippen LogP contribution in [0.15, 0.2) is 79.0 Å². The van der Waals surface area contributed by atoms with E-state index in [1.807, 2.05) is 36.5 Å². The van der Waals surface area contributed by atoms with Gasteiger partial charge in [-0.15, -0.1) is 16.7 Å². The first-order chi connectivity index (χ1) is 14.2. The van der Waals surface area contributed by atoms with Gasteiger partial charge in [0.2, 0.25) is 0 Å². The Labute approximate surface area is 175 Å². The van der Waals surface area contributed by atoms with Crippen molar-refractivity contribution in [2.45, 2.75) is 26.0 Å². The molecular weight excluding hydrogens is 382 g/mol. The number of nitrogens with zero attached hydrogens (tertiary/aromatic N) is 3. The van der Waals surface area contributed by atoms with Crippen molar-refractivity contribution < 1.29 is 4.74 Å². The van der Waals surface area contributed by atoms with Crippen molar-refractivity contribution in [1.82, 2.24) is 15.0 Å². The highest BCUT2D eigenvalue weighted by molar-refractivity contribution is 6.17. The van der Waals surface area contributed by atoms with Gasteiger partial charge in [-0.25, -0.2) is 4.68 Å². The van der Waals surface area contributed by atoms with E-state index in [1.165, 1.54) is 22.3 Å². The maximum Gasteiger partial charge on any atom is 0.109 e. The van der Waals surface area contributed by atoms with E-state index in [0.717, 1.165) is 16.9 Å². The Kier molecular flexibility index (Phi) is 6.03. The molecule has 0 aliphatic rings. The number of benzene rings is 3. The summed E-state index contributed by atoms with van der Waals surface area (Å²) >= 11 is 5.92. The van der Waals surface area contributed by atoms with Gasteiger partial charge in [0.25, 0.3) is 0 Å². The number of ether oxygens (including phenoxy) is 1. The predicted octanol–water partition coefficient (Wildman–Crippen LogP) is 5.70. The lowest BCUT2D eigenvalue weighted by molar-refractivity contribution is 0.104. The van der Waals surface area contributed by atoms with Gasteiger partial charge in [-0.3, -0.25) is 0 Å². The van der Waals surface area contributed by atoms with E-state index < -0.39 is 0 Å². The fourth-order valence-corrected chi connectivity index (χ4v) is 3.47. The molecule has 0 amide bonds. The van der Waals surface area contributed by atoms with Crippen LogP contribution in [-0.2, 0) is 23.8 Å². The van der Waals surface area contributed by atoms with Crippen molar-refractivity contribution in [3.05, 3.63) is 101 Å². The third kappa shape index (κ3) is 4.56. The molecule has 5 heteroatoms. The average Bonchev–Trinajstić information content (AvgIpc) is 3.25. The quantitative estimate of drug-likeness (QED) is 0.372. The molecule has 0 unspecified atom stereocenters. The highest BCUT2D eigenvalue weighted by Gasteiger charge is 2.08. The second-order valence-corrected chi connectivity index (χ2v) is 7.17. The first-order valence-corrected chi connectivity index (χ1v) is 10.1. The number of rotatable bonds is 7. The second kappa shape index (κ2) is 9.03. The van der Waals surface area contributed by atoms with Gasteiger partial charge >= 0.3 is 0 Å². The SMILES string of the molecule is Cc1c(COCc2cn(-c3cccc(CCl)c3)nn2)cccc1-c1ccccc1. The molecule has 0 aliphatic heterocycles. The molecule has 4 rings (SSSR count). The van der Waals surface area contributed by atoms with Gasteiger partial charge in [0.05, 0.1) is 25.1 Å². The molecular formula is C24H22ClN3O. The maximum atomic E-state index is 5.93. The van der Waals surface area contributed by atoms with Gasteiger partial charge in [-0.2, -0.15) is 0 Å². The van der Waals surface area contributed by atoms with E-state index in [2.05, 4.69) is 59.7 Å². The van der Waals surface area contributed by atoms with Crippen LogP contribution >= 0.6 is 11.6 Å². The summed E-state index contributed by atoms with van der Waals surface area (Å²) in [4.78, 5) is 0. The molecule has 0 radical (unpaired) electrons. The number of hydrogen-bond acceptors (Lipinski definition) is 3. The van der Waals surface area contributed by atoms with Gasteiger partial charge in [-0.1, -0.05) is 65.9 Å². The standard InChI is InChI=1S/C24H22ClN3O/c1-18-21(10-6-12-24(18)20-8-3-2-4-9-20)16-29-17-22-15-28(27-26-22)23-11-5-7-19(13-23)14-25/h2-13,15H,14,16-17H2,1H3. The zero-order valence-electron chi connectivity index (χ0n) is 16.3. The van der Waals surface area contributed by atoms with Crippen LogP contribution in [0.25, 0.3) is 16.8 Å². The number of alkyl halides is 1. The zero-order chi connectivity index (χ0) is 20.1. The summed E-state index contributed by atoms with van der Waals surface area (Å²) in [6.45, 7) is 3.08. The number of aromatic nitrogens is 3. The fourth-order valence-electron chi connectivity index (χ4n) is 3.31. The van der Waals surface area contributed by atoms with Crippen molar-refractivity contribution in [3.63, 3.8) is 0 Å². The molecule has 0 atom stereocenters. The Morgan fingerprint density at radius 2 is 1.76 bits per heavy atom. The van der Waals surface area contributed by atoms with Crippen molar-refractivity contribution in [1.29, 1.82) is 0 Å². The number of halogens is 1. The first kappa shape index (κ1) is 19.4. The minimum absolute atomic E-state index is 0.407. The van der Waals surface area contributed by atoms with Gasteiger partial charge < -0.3 is 4.74 Å². The van der Waals surface area contributed by atoms with Gasteiger partial charge in [0.1, 0.15) is 5.69 Å². The molecule has 0 aliphatic carbocycles. The topological polar surface area (TPSA) is 39.9 Å². The largest absolute Gasteiger partial charge is 0.370 e. The van der Waals surface area contributed by atoms with E-state index in [-0.39, 0.29) is 0 Å². The molecule has 0 saturated heterocycles. The van der Waals surface area contributed by atoms with Crippen LogP contribution in [0.5, 0.6) is 0 Å². The molecule has 4 aromatic rings. The lowest BCUT2D eigenvalue weighted by atomic mass is 9.97. The van der Waals surface area contributed by atoms with Crippen LogP contribution in [0, 0.1) is 6.92 Å². The molecule has 0 N–H and O–H groups in total. The van der Waals surface area contributed by atoms with Crippen molar-refractivity contribution in [2.24, 2.45) is 0 Å². The van der Waals surface area contributed by atoms with Gasteiger partial charge in [0.15, 0.2) is 0 Å². The van der Waals surface area contributed by atoms with Crippen molar-refractivity contribution >= 4 is 11.6 Å². The Morgan fingerprint density at radius 3 is 2.59 bits per heavy atom. The number of hydrogen-bond donors (Lipinski definition) is 0. The molecule has 0 bridgehead atoms. The summed E-state index contributed by atoms with van der Waals surface area (Å²) in [7, 11) is 0. The lowest BCUT2D eigenvalue weighted by Crippen LogP contribution is -1.98. The van der Waals surface area contributed by atoms with Crippen LogP contribution in [0.2, 0.25) is 0 Å². The van der Waals surface area contributed by atoms with Crippen LogP contribution < -0.4 is 0 Å². The molecule has 4 nitrogen and oxygen atoms in total. The van der Waals surface area contributed by atoms with E-state index in [0.29, 0.717) is 19.1 Å². The molecule has 1 aromatic heterocycles. The highest BCUT2D eigenvalue weighted by atomic mass is 35.5. The minimum atomic E-state index is 0.407. The highest BCUT2D eigenvalue weighted by Crippen LogP contribution is 2.26. The molecule has 146 valence electrons. The normalized spacial score (nSPS) is 11.0. The summed E-state index contributed by atoms with van der Waals surface area (Å²) in [5.41, 5.74) is 7.64. The smallest absolute Gasteiger partial charge is 0.109 e. The molecule has 0 fully saturated rings. The summed E-state index contributed by atoms with van der Waals surface area (Å²) in [5, 5.41) is 8.42. The lowest BCUT2D eigenvalue weighted by Gasteiger charge is -2.11. The Morgan fingerprint density at radius 1 is 0.931 bits per heavy atom. The van der Waals surface area contributed by atoms with Gasteiger partial charge in [0, 0.05) is 5.88 Å². The van der Waals surface area contributed by atoms with Crippen molar-refractivity contribution in [2.75, 3.05) is 0 Å². The third-order valence-corrected chi connectivity index (χ3v) is 5.22. The monoisotopic (exact) mass is 403 g/mol. The first-order valence-electron chi connectivity index (χ1n) is 9.53. The van der Waals surface area contributed by atoms with Crippen LogP contribution in [0.3, 0.4) is 0 Å². The van der Waals surface area contributed by atoms with Gasteiger partial charge in [-0.05, 0) is 46.9 Å². The molecule has 1 heterocycles. The third-order valence-electron chi connectivity index (χ3n) is 4.91. The van der Waals surface area contributed by atoms with Crippen molar-refractivity contribution in [3.8, 4) is 16.8 Å². The molecule has 29 heavy (non-hydrogen) atoms. The maximum absolute atomic E-state index is 5.93. The van der Waals surface area contributed by atoms with E-state index in [4.69, 9.17) is 16.3 Å². The minimum Gasteiger partial charge on any atom is -0.370 e. The van der Waals surface area contributed by atoms with E-state index in [1.54, 1.807) is 4.68 Å². The molecule has 0 saturated carbocycles. The Bertz CT molecular complexity index is 1090. The fraction of sp³-hybridized carbons (Fsp3) is 0.167. The zero-order valence-corrected chi connectivity index (χ0v) is 17.0. The van der Waals surface area contributed by atoms with Crippen LogP contribution in [-0.4, -0.2) is 15.0 Å². The van der Waals surface area contributed by atoms with Crippen LogP contribution in [0.4, 0.5) is 0 Å². The second-order valence-electron chi connectivity index (χ2n) is 6.91. The average molecular weight is 404 g/mol. The van der Waals surface area contributed by atoms with E-state index in [9.17, 15) is 0 Å².